The molecule has 0 aromatic carbocycles. The lowest BCUT2D eigenvalue weighted by molar-refractivity contribution is -0.122. The first kappa shape index (κ1) is 12.7. The number of thiazole rings is 1. The molecule has 2 N–H and O–H groups in total. The highest BCUT2D eigenvalue weighted by Crippen LogP contribution is 2.28. The van der Waals surface area contributed by atoms with Gasteiger partial charge in [-0.15, -0.1) is 0 Å². The number of nitrogens with one attached hydrogen (secondary N) is 2. The van der Waals surface area contributed by atoms with Gasteiger partial charge in [-0.25, -0.2) is 4.98 Å². The summed E-state index contributed by atoms with van der Waals surface area (Å²) in [5, 5.41) is 5.88. The number of hydrogen-bond acceptors (Lipinski definition) is 5. The zero-order valence-electron chi connectivity index (χ0n) is 10.5. The molecule has 0 saturated carbocycles. The van der Waals surface area contributed by atoms with Gasteiger partial charge in [-0.05, 0) is 12.5 Å². The van der Waals surface area contributed by atoms with E-state index in [1.807, 2.05) is 12.1 Å². The van der Waals surface area contributed by atoms with Gasteiger partial charge in [0.25, 0.3) is 0 Å². The molecule has 3 rings (SSSR count). The van der Waals surface area contributed by atoms with Crippen molar-refractivity contribution >= 4 is 28.3 Å². The number of aromatic nitrogens is 2. The highest BCUT2D eigenvalue weighted by atomic mass is 32.1. The number of amides is 2. The Bertz CT molecular complexity index is 641. The maximum Gasteiger partial charge on any atom is 0.248 e. The third-order valence-corrected chi connectivity index (χ3v) is 3.96. The van der Waals surface area contributed by atoms with Crippen LogP contribution in [0, 0.1) is 0 Å². The smallest absolute Gasteiger partial charge is 0.248 e. The first-order chi connectivity index (χ1) is 9.72. The van der Waals surface area contributed by atoms with E-state index in [2.05, 4.69) is 20.6 Å². The van der Waals surface area contributed by atoms with Gasteiger partial charge in [-0.1, -0.05) is 17.4 Å². The van der Waals surface area contributed by atoms with Crippen LogP contribution in [0.2, 0.25) is 0 Å². The van der Waals surface area contributed by atoms with Crippen molar-refractivity contribution in [2.75, 3.05) is 5.32 Å². The second kappa shape index (κ2) is 5.38. The standard InChI is InChI=1S/C13H12N4O2S/c18-11-4-3-9(16-11)12(19)17-13-15-7-10(20-13)8-2-1-5-14-6-8/h1-2,5-7,9H,3-4H2,(H,16,18)(H,15,17,19). The van der Waals surface area contributed by atoms with Crippen LogP contribution < -0.4 is 10.6 Å². The minimum Gasteiger partial charge on any atom is -0.344 e. The fourth-order valence-corrected chi connectivity index (χ4v) is 2.79. The highest BCUT2D eigenvalue weighted by Gasteiger charge is 2.27. The summed E-state index contributed by atoms with van der Waals surface area (Å²) in [4.78, 5) is 32.2. The highest BCUT2D eigenvalue weighted by molar-refractivity contribution is 7.19. The summed E-state index contributed by atoms with van der Waals surface area (Å²) in [5.74, 6) is -0.303. The number of nitrogens with zero attached hydrogens (tertiary/aromatic N) is 2. The molecule has 6 nitrogen and oxygen atoms in total. The van der Waals surface area contributed by atoms with Crippen molar-refractivity contribution in [3.8, 4) is 10.4 Å². The predicted molar refractivity (Wildman–Crippen MR) is 75.1 cm³/mol. The van der Waals surface area contributed by atoms with Crippen LogP contribution in [0.1, 0.15) is 12.8 Å². The molecule has 7 heteroatoms. The zero-order chi connectivity index (χ0) is 13.9. The minimum atomic E-state index is -0.451. The van der Waals surface area contributed by atoms with Gasteiger partial charge in [0, 0.05) is 30.6 Å². The van der Waals surface area contributed by atoms with Crippen molar-refractivity contribution in [3.05, 3.63) is 30.7 Å². The molecular formula is C13H12N4O2S. The number of carbonyl (C=O) groups excluding carboxylic acids is 2. The van der Waals surface area contributed by atoms with E-state index in [9.17, 15) is 9.59 Å². The van der Waals surface area contributed by atoms with Crippen LogP contribution in [0.25, 0.3) is 10.4 Å². The molecule has 0 spiro atoms. The molecule has 1 unspecified atom stereocenters. The van der Waals surface area contributed by atoms with E-state index in [0.717, 1.165) is 10.4 Å². The lowest BCUT2D eigenvalue weighted by atomic mass is 10.2. The third-order valence-electron chi connectivity index (χ3n) is 2.99. The number of anilines is 1. The third kappa shape index (κ3) is 2.67. The Kier molecular flexibility index (Phi) is 3.42. The fourth-order valence-electron chi connectivity index (χ4n) is 1.98. The van der Waals surface area contributed by atoms with Crippen molar-refractivity contribution in [2.45, 2.75) is 18.9 Å². The molecule has 1 atom stereocenters. The quantitative estimate of drug-likeness (QED) is 0.894. The molecular weight excluding hydrogens is 276 g/mol. The van der Waals surface area contributed by atoms with Crippen LogP contribution in [-0.4, -0.2) is 27.8 Å². The van der Waals surface area contributed by atoms with E-state index in [1.165, 1.54) is 11.3 Å². The SMILES string of the molecule is O=C1CCC(C(=O)Nc2ncc(-c3cccnc3)s2)N1. The van der Waals surface area contributed by atoms with Crippen molar-refractivity contribution in [2.24, 2.45) is 0 Å². The number of carbonyl (C=O) groups is 2. The second-order valence-corrected chi connectivity index (χ2v) is 5.45. The minimum absolute atomic E-state index is 0.0830. The van der Waals surface area contributed by atoms with Crippen LogP contribution in [0.3, 0.4) is 0 Å². The molecule has 0 radical (unpaired) electrons. The first-order valence-corrected chi connectivity index (χ1v) is 7.00. The molecule has 1 aliphatic rings. The van der Waals surface area contributed by atoms with Crippen molar-refractivity contribution in [3.63, 3.8) is 0 Å². The van der Waals surface area contributed by atoms with Crippen LogP contribution >= 0.6 is 11.3 Å². The molecule has 0 bridgehead atoms. The summed E-state index contributed by atoms with van der Waals surface area (Å²) in [5.41, 5.74) is 0.958. The molecule has 102 valence electrons. The van der Waals surface area contributed by atoms with Crippen LogP contribution in [0.15, 0.2) is 30.7 Å². The van der Waals surface area contributed by atoms with Gasteiger partial charge in [-0.2, -0.15) is 0 Å². The normalized spacial score (nSPS) is 17.8. The van der Waals surface area contributed by atoms with Gasteiger partial charge in [0.1, 0.15) is 6.04 Å². The second-order valence-electron chi connectivity index (χ2n) is 4.42. The lowest BCUT2D eigenvalue weighted by Gasteiger charge is -2.08. The molecule has 1 aliphatic heterocycles. The average Bonchev–Trinajstić information content (AvgIpc) is 3.09. The predicted octanol–water partition coefficient (Wildman–Crippen LogP) is 1.42. The summed E-state index contributed by atoms with van der Waals surface area (Å²) in [6.07, 6.45) is 6.08. The molecule has 3 heterocycles. The number of hydrogen-bond donors (Lipinski definition) is 2. The first-order valence-electron chi connectivity index (χ1n) is 6.19. The molecule has 1 saturated heterocycles. The Morgan fingerprint density at radius 1 is 1.45 bits per heavy atom. The summed E-state index contributed by atoms with van der Waals surface area (Å²) >= 11 is 1.38. The maximum absolute atomic E-state index is 11.9. The van der Waals surface area contributed by atoms with Gasteiger partial charge < -0.3 is 10.6 Å². The molecule has 1 fully saturated rings. The summed E-state index contributed by atoms with van der Waals surface area (Å²) < 4.78 is 0. The monoisotopic (exact) mass is 288 g/mol. The van der Waals surface area contributed by atoms with E-state index in [4.69, 9.17) is 0 Å². The topological polar surface area (TPSA) is 84.0 Å². The van der Waals surface area contributed by atoms with Crippen LogP contribution in [0.4, 0.5) is 5.13 Å². The number of pyridine rings is 1. The molecule has 20 heavy (non-hydrogen) atoms. The van der Waals surface area contributed by atoms with Crippen molar-refractivity contribution in [1.82, 2.24) is 15.3 Å². The van der Waals surface area contributed by atoms with Crippen molar-refractivity contribution < 1.29 is 9.59 Å². The average molecular weight is 288 g/mol. The largest absolute Gasteiger partial charge is 0.344 e. The maximum atomic E-state index is 11.9. The van der Waals surface area contributed by atoms with E-state index >= 15 is 0 Å². The van der Waals surface area contributed by atoms with Gasteiger partial charge in [0.15, 0.2) is 5.13 Å². The number of rotatable bonds is 3. The van der Waals surface area contributed by atoms with Crippen LogP contribution in [0.5, 0.6) is 0 Å². The Hall–Kier alpha value is -2.28. The van der Waals surface area contributed by atoms with Gasteiger partial charge >= 0.3 is 0 Å². The van der Waals surface area contributed by atoms with Gasteiger partial charge in [0.2, 0.25) is 11.8 Å². The molecule has 2 aromatic heterocycles. The Balaban J connectivity index is 1.68. The summed E-state index contributed by atoms with van der Waals surface area (Å²) in [7, 11) is 0. The molecule has 2 amide bonds. The lowest BCUT2D eigenvalue weighted by Crippen LogP contribution is -2.37. The molecule has 2 aromatic rings. The van der Waals surface area contributed by atoms with E-state index in [-0.39, 0.29) is 11.8 Å². The van der Waals surface area contributed by atoms with Crippen molar-refractivity contribution in [1.29, 1.82) is 0 Å². The van der Waals surface area contributed by atoms with Gasteiger partial charge in [0.05, 0.1) is 4.88 Å². The summed E-state index contributed by atoms with van der Waals surface area (Å²) in [6.45, 7) is 0. The van der Waals surface area contributed by atoms with Gasteiger partial charge in [-0.3, -0.25) is 14.6 Å². The fraction of sp³-hybridized carbons (Fsp3) is 0.231. The van der Waals surface area contributed by atoms with E-state index in [0.29, 0.717) is 18.0 Å². The Labute approximate surface area is 119 Å². The molecule has 0 aliphatic carbocycles. The zero-order valence-corrected chi connectivity index (χ0v) is 11.3. The Morgan fingerprint density at radius 3 is 3.05 bits per heavy atom. The van der Waals surface area contributed by atoms with Crippen LogP contribution in [-0.2, 0) is 9.59 Å². The van der Waals surface area contributed by atoms with E-state index < -0.39 is 6.04 Å². The Morgan fingerprint density at radius 2 is 2.35 bits per heavy atom. The summed E-state index contributed by atoms with van der Waals surface area (Å²) in [6, 6.07) is 3.33. The van der Waals surface area contributed by atoms with E-state index in [1.54, 1.807) is 18.6 Å².